The van der Waals surface area contributed by atoms with Gasteiger partial charge in [0.2, 0.25) is 5.91 Å². The molecule has 7 nitrogen and oxygen atoms in total. The van der Waals surface area contributed by atoms with E-state index < -0.39 is 0 Å². The van der Waals surface area contributed by atoms with E-state index in [2.05, 4.69) is 16.0 Å². The summed E-state index contributed by atoms with van der Waals surface area (Å²) >= 11 is 1.31. The van der Waals surface area contributed by atoms with Gasteiger partial charge in [-0.1, -0.05) is 6.07 Å². The number of rotatable bonds is 7. The molecule has 3 rings (SSSR count). The molecule has 1 aromatic heterocycles. The first-order chi connectivity index (χ1) is 14.0. The van der Waals surface area contributed by atoms with Crippen LogP contribution >= 0.6 is 11.3 Å². The van der Waals surface area contributed by atoms with Gasteiger partial charge in [0.15, 0.2) is 0 Å². The fourth-order valence-corrected chi connectivity index (χ4v) is 3.08. The zero-order valence-corrected chi connectivity index (χ0v) is 16.4. The Morgan fingerprint density at radius 2 is 1.52 bits per heavy atom. The average Bonchev–Trinajstić information content (AvgIpc) is 3.28. The third-order valence-corrected chi connectivity index (χ3v) is 4.80. The number of anilines is 2. The normalized spacial score (nSPS) is 10.1. The summed E-state index contributed by atoms with van der Waals surface area (Å²) in [6.45, 7) is -0.142. The molecule has 0 unspecified atom stereocenters. The number of hydrogen-bond donors (Lipinski definition) is 3. The van der Waals surface area contributed by atoms with Crippen LogP contribution in [0.1, 0.15) is 20.0 Å². The van der Waals surface area contributed by atoms with Crippen LogP contribution in [0.15, 0.2) is 66.0 Å². The number of carbonyl (C=O) groups excluding carboxylic acids is 3. The second kappa shape index (κ2) is 9.52. The first kappa shape index (κ1) is 20.1. The van der Waals surface area contributed by atoms with Crippen LogP contribution < -0.4 is 20.7 Å². The van der Waals surface area contributed by atoms with E-state index in [9.17, 15) is 14.4 Å². The van der Waals surface area contributed by atoms with Crippen molar-refractivity contribution in [1.29, 1.82) is 0 Å². The Bertz CT molecular complexity index is 984. The lowest BCUT2D eigenvalue weighted by molar-refractivity contribution is -0.115. The molecular formula is C21H19N3O4S. The van der Waals surface area contributed by atoms with Gasteiger partial charge < -0.3 is 20.7 Å². The molecule has 0 saturated heterocycles. The van der Waals surface area contributed by atoms with Crippen molar-refractivity contribution >= 4 is 40.4 Å². The van der Waals surface area contributed by atoms with Gasteiger partial charge in [0.05, 0.1) is 18.5 Å². The summed E-state index contributed by atoms with van der Waals surface area (Å²) in [4.78, 5) is 36.7. The number of thiophene rings is 1. The first-order valence-electron chi connectivity index (χ1n) is 8.72. The van der Waals surface area contributed by atoms with E-state index in [4.69, 9.17) is 4.74 Å². The lowest BCUT2D eigenvalue weighted by Crippen LogP contribution is -2.32. The molecule has 0 fully saturated rings. The zero-order chi connectivity index (χ0) is 20.6. The molecule has 148 valence electrons. The molecule has 2 aromatic carbocycles. The minimum absolute atomic E-state index is 0.142. The van der Waals surface area contributed by atoms with Crippen molar-refractivity contribution in [1.82, 2.24) is 5.32 Å². The zero-order valence-electron chi connectivity index (χ0n) is 15.6. The molecule has 29 heavy (non-hydrogen) atoms. The van der Waals surface area contributed by atoms with E-state index in [1.807, 2.05) is 0 Å². The van der Waals surface area contributed by atoms with Crippen molar-refractivity contribution in [2.24, 2.45) is 0 Å². The molecule has 1 heterocycles. The van der Waals surface area contributed by atoms with Crippen molar-refractivity contribution in [2.45, 2.75) is 0 Å². The quantitative estimate of drug-likeness (QED) is 0.557. The van der Waals surface area contributed by atoms with E-state index in [0.717, 1.165) is 0 Å². The summed E-state index contributed by atoms with van der Waals surface area (Å²) in [7, 11) is 1.58. The van der Waals surface area contributed by atoms with E-state index in [-0.39, 0.29) is 24.3 Å². The fraction of sp³-hybridized carbons (Fsp3) is 0.0952. The van der Waals surface area contributed by atoms with Crippen LogP contribution in [0.5, 0.6) is 5.75 Å². The van der Waals surface area contributed by atoms with Crippen LogP contribution in [0.25, 0.3) is 0 Å². The lowest BCUT2D eigenvalue weighted by atomic mass is 10.2. The molecule has 3 N–H and O–H groups in total. The van der Waals surface area contributed by atoms with Crippen molar-refractivity contribution in [3.63, 3.8) is 0 Å². The van der Waals surface area contributed by atoms with Gasteiger partial charge >= 0.3 is 0 Å². The van der Waals surface area contributed by atoms with Gasteiger partial charge in [0, 0.05) is 16.9 Å². The third-order valence-electron chi connectivity index (χ3n) is 3.93. The van der Waals surface area contributed by atoms with E-state index in [1.54, 1.807) is 73.2 Å². The van der Waals surface area contributed by atoms with Crippen LogP contribution in [-0.2, 0) is 4.79 Å². The number of benzene rings is 2. The number of carbonyl (C=O) groups is 3. The average molecular weight is 409 g/mol. The molecule has 0 aliphatic carbocycles. The Morgan fingerprint density at radius 3 is 2.14 bits per heavy atom. The van der Waals surface area contributed by atoms with Crippen LogP contribution in [0.4, 0.5) is 11.4 Å². The maximum Gasteiger partial charge on any atom is 0.261 e. The van der Waals surface area contributed by atoms with Crippen molar-refractivity contribution in [3.05, 3.63) is 76.5 Å². The lowest BCUT2D eigenvalue weighted by Gasteiger charge is -2.09. The summed E-state index contributed by atoms with van der Waals surface area (Å²) in [6, 6.07) is 16.9. The standard InChI is InChI=1S/C21H19N3O4S/c1-28-17-10-8-16(9-11-17)24-20(26)14-4-6-15(7-5-14)23-19(25)13-22-21(27)18-3-2-12-29-18/h2-12H,13H2,1H3,(H,22,27)(H,23,25)(H,24,26). The highest BCUT2D eigenvalue weighted by Gasteiger charge is 2.10. The number of nitrogens with one attached hydrogen (secondary N) is 3. The second-order valence-electron chi connectivity index (χ2n) is 5.97. The van der Waals surface area contributed by atoms with Crippen molar-refractivity contribution in [3.8, 4) is 5.75 Å². The number of ether oxygens (including phenoxy) is 1. The van der Waals surface area contributed by atoms with Crippen molar-refractivity contribution in [2.75, 3.05) is 24.3 Å². The molecule has 3 aromatic rings. The van der Waals surface area contributed by atoms with Crippen LogP contribution in [0.2, 0.25) is 0 Å². The van der Waals surface area contributed by atoms with Gasteiger partial charge in [-0.15, -0.1) is 11.3 Å². The van der Waals surface area contributed by atoms with Crippen LogP contribution in [-0.4, -0.2) is 31.4 Å². The minimum atomic E-state index is -0.356. The molecule has 3 amide bonds. The highest BCUT2D eigenvalue weighted by molar-refractivity contribution is 7.12. The largest absolute Gasteiger partial charge is 0.497 e. The SMILES string of the molecule is COc1ccc(NC(=O)c2ccc(NC(=O)CNC(=O)c3cccs3)cc2)cc1. The molecule has 0 aliphatic heterocycles. The number of methoxy groups -OCH3 is 1. The summed E-state index contributed by atoms with van der Waals surface area (Å²) in [6.07, 6.45) is 0. The van der Waals surface area contributed by atoms with E-state index >= 15 is 0 Å². The fourth-order valence-electron chi connectivity index (χ4n) is 2.44. The molecule has 0 aliphatic rings. The molecule has 0 radical (unpaired) electrons. The maximum atomic E-state index is 12.3. The smallest absolute Gasteiger partial charge is 0.261 e. The van der Waals surface area contributed by atoms with E-state index in [0.29, 0.717) is 27.6 Å². The summed E-state index contributed by atoms with van der Waals surface area (Å²) in [5, 5.41) is 9.81. The minimum Gasteiger partial charge on any atom is -0.497 e. The second-order valence-corrected chi connectivity index (χ2v) is 6.92. The van der Waals surface area contributed by atoms with Crippen LogP contribution in [0, 0.1) is 0 Å². The molecule has 0 atom stereocenters. The predicted octanol–water partition coefficient (Wildman–Crippen LogP) is 3.38. The molecule has 0 saturated carbocycles. The topological polar surface area (TPSA) is 96.5 Å². The van der Waals surface area contributed by atoms with Gasteiger partial charge in [-0.3, -0.25) is 14.4 Å². The highest BCUT2D eigenvalue weighted by Crippen LogP contribution is 2.17. The van der Waals surface area contributed by atoms with E-state index in [1.165, 1.54) is 11.3 Å². The summed E-state index contributed by atoms with van der Waals surface area (Å²) < 4.78 is 5.08. The predicted molar refractivity (Wildman–Crippen MR) is 113 cm³/mol. The highest BCUT2D eigenvalue weighted by atomic mass is 32.1. The molecule has 8 heteroatoms. The van der Waals surface area contributed by atoms with Gasteiger partial charge in [-0.2, -0.15) is 0 Å². The molecule has 0 spiro atoms. The third kappa shape index (κ3) is 5.66. The first-order valence-corrected chi connectivity index (χ1v) is 9.60. The Kier molecular flexibility index (Phi) is 6.59. The number of amides is 3. The van der Waals surface area contributed by atoms with Crippen molar-refractivity contribution < 1.29 is 19.1 Å². The Morgan fingerprint density at radius 1 is 0.862 bits per heavy atom. The van der Waals surface area contributed by atoms with Gasteiger partial charge in [0.1, 0.15) is 5.75 Å². The Hall–Kier alpha value is -3.65. The monoisotopic (exact) mass is 409 g/mol. The Labute approximate surface area is 171 Å². The van der Waals surface area contributed by atoms with Gasteiger partial charge in [-0.05, 0) is 60.0 Å². The maximum absolute atomic E-state index is 12.3. The summed E-state index contributed by atoms with van der Waals surface area (Å²) in [5.74, 6) is -0.211. The van der Waals surface area contributed by atoms with Gasteiger partial charge in [-0.25, -0.2) is 0 Å². The summed E-state index contributed by atoms with van der Waals surface area (Å²) in [5.41, 5.74) is 1.63. The Balaban J connectivity index is 1.50. The number of hydrogen-bond acceptors (Lipinski definition) is 5. The van der Waals surface area contributed by atoms with Gasteiger partial charge in [0.25, 0.3) is 11.8 Å². The molecule has 0 bridgehead atoms. The van der Waals surface area contributed by atoms with Crippen LogP contribution in [0.3, 0.4) is 0 Å². The molecular weight excluding hydrogens is 390 g/mol.